The van der Waals surface area contributed by atoms with Gasteiger partial charge in [0, 0.05) is 28.8 Å². The second-order valence-corrected chi connectivity index (χ2v) is 6.69. The number of hydrogen-bond donors (Lipinski definition) is 2. The summed E-state index contributed by atoms with van der Waals surface area (Å²) in [7, 11) is 0. The van der Waals surface area contributed by atoms with E-state index in [1.54, 1.807) is 0 Å². The molecule has 126 valence electrons. The number of para-hydroxylation sites is 1. The van der Waals surface area contributed by atoms with Gasteiger partial charge in [0.15, 0.2) is 0 Å². The second kappa shape index (κ2) is 6.70. The van der Waals surface area contributed by atoms with Gasteiger partial charge in [0.25, 0.3) is 0 Å². The molecule has 3 rings (SSSR count). The van der Waals surface area contributed by atoms with Gasteiger partial charge >= 0.3 is 0 Å². The molecule has 3 heteroatoms. The average molecular weight is 322 g/mol. The van der Waals surface area contributed by atoms with Crippen LogP contribution in [0.3, 0.4) is 0 Å². The number of nitrogens with zero attached hydrogens (tertiary/aromatic N) is 1. The Morgan fingerprint density at radius 1 is 1.04 bits per heavy atom. The Bertz CT molecular complexity index is 864. The van der Waals surface area contributed by atoms with Gasteiger partial charge in [-0.3, -0.25) is 0 Å². The number of aliphatic hydroxyl groups excluding tert-OH is 1. The zero-order chi connectivity index (χ0) is 17.3. The van der Waals surface area contributed by atoms with Gasteiger partial charge in [-0.2, -0.15) is 0 Å². The maximum absolute atomic E-state index is 10.5. The smallest absolute Gasteiger partial charge is 0.0891 e. The molecule has 3 aromatic rings. The van der Waals surface area contributed by atoms with E-state index in [0.717, 1.165) is 5.69 Å². The van der Waals surface area contributed by atoms with Crippen LogP contribution in [0.1, 0.15) is 22.4 Å². The molecule has 2 aromatic carbocycles. The standard InChI is InChI=1S/C21H26N2O/c1-14-9-10-20(15(2)11-14)22-12-18(24)13-23-17(4)16(3)19-7-5-6-8-21(19)23/h5-11,18,22,24H,12-13H2,1-4H3/t18-/m1/s1. The highest BCUT2D eigenvalue weighted by molar-refractivity contribution is 5.85. The van der Waals surface area contributed by atoms with E-state index < -0.39 is 6.10 Å². The normalized spacial score (nSPS) is 12.5. The topological polar surface area (TPSA) is 37.2 Å². The van der Waals surface area contributed by atoms with Gasteiger partial charge in [-0.15, -0.1) is 0 Å². The minimum Gasteiger partial charge on any atom is -0.389 e. The van der Waals surface area contributed by atoms with Crippen molar-refractivity contribution in [2.45, 2.75) is 40.3 Å². The second-order valence-electron chi connectivity index (χ2n) is 6.69. The molecular weight excluding hydrogens is 296 g/mol. The minimum atomic E-state index is -0.445. The van der Waals surface area contributed by atoms with Crippen LogP contribution in [-0.2, 0) is 6.54 Å². The number of benzene rings is 2. The monoisotopic (exact) mass is 322 g/mol. The SMILES string of the molecule is Cc1ccc(NC[C@@H](O)Cn2c(C)c(C)c3ccccc32)c(C)c1. The lowest BCUT2D eigenvalue weighted by Gasteiger charge is -2.17. The van der Waals surface area contributed by atoms with Crippen molar-refractivity contribution in [3.05, 3.63) is 64.8 Å². The van der Waals surface area contributed by atoms with Crippen molar-refractivity contribution < 1.29 is 5.11 Å². The van der Waals surface area contributed by atoms with E-state index in [0.29, 0.717) is 13.1 Å². The maximum Gasteiger partial charge on any atom is 0.0891 e. The molecule has 0 bridgehead atoms. The number of aliphatic hydroxyl groups is 1. The number of fused-ring (bicyclic) bond motifs is 1. The lowest BCUT2D eigenvalue weighted by Crippen LogP contribution is -2.25. The fraction of sp³-hybridized carbons (Fsp3) is 0.333. The summed E-state index contributed by atoms with van der Waals surface area (Å²) in [6.07, 6.45) is -0.445. The lowest BCUT2D eigenvalue weighted by atomic mass is 10.1. The van der Waals surface area contributed by atoms with Crippen LogP contribution < -0.4 is 5.32 Å². The number of rotatable bonds is 5. The molecule has 0 unspecified atom stereocenters. The van der Waals surface area contributed by atoms with Crippen molar-refractivity contribution in [2.75, 3.05) is 11.9 Å². The van der Waals surface area contributed by atoms with Crippen LogP contribution in [0.2, 0.25) is 0 Å². The molecule has 24 heavy (non-hydrogen) atoms. The van der Waals surface area contributed by atoms with E-state index in [1.165, 1.54) is 33.3 Å². The van der Waals surface area contributed by atoms with E-state index in [9.17, 15) is 5.11 Å². The molecule has 1 heterocycles. The Balaban J connectivity index is 1.73. The molecule has 0 spiro atoms. The van der Waals surface area contributed by atoms with Gasteiger partial charge in [-0.05, 0) is 51.0 Å². The average Bonchev–Trinajstić information content (AvgIpc) is 2.79. The fourth-order valence-corrected chi connectivity index (χ4v) is 3.35. The molecular formula is C21H26N2O. The third kappa shape index (κ3) is 3.17. The molecule has 0 radical (unpaired) electrons. The number of aryl methyl sites for hydroxylation is 3. The van der Waals surface area contributed by atoms with Crippen molar-refractivity contribution in [1.29, 1.82) is 0 Å². The Labute approximate surface area is 143 Å². The Morgan fingerprint density at radius 3 is 2.54 bits per heavy atom. The van der Waals surface area contributed by atoms with E-state index in [4.69, 9.17) is 0 Å². The number of anilines is 1. The summed E-state index contributed by atoms with van der Waals surface area (Å²) in [4.78, 5) is 0. The van der Waals surface area contributed by atoms with Crippen LogP contribution in [0.4, 0.5) is 5.69 Å². The summed E-state index contributed by atoms with van der Waals surface area (Å²) in [6.45, 7) is 9.59. The van der Waals surface area contributed by atoms with Gasteiger partial charge in [-0.1, -0.05) is 35.9 Å². The largest absolute Gasteiger partial charge is 0.389 e. The van der Waals surface area contributed by atoms with Crippen LogP contribution in [-0.4, -0.2) is 22.3 Å². The summed E-state index contributed by atoms with van der Waals surface area (Å²) in [5.74, 6) is 0. The van der Waals surface area contributed by atoms with Crippen molar-refractivity contribution in [2.24, 2.45) is 0 Å². The van der Waals surface area contributed by atoms with Gasteiger partial charge < -0.3 is 15.0 Å². The molecule has 0 amide bonds. The minimum absolute atomic E-state index is 0.445. The van der Waals surface area contributed by atoms with Crippen LogP contribution >= 0.6 is 0 Å². The third-order valence-corrected chi connectivity index (χ3v) is 4.85. The molecule has 3 nitrogen and oxygen atoms in total. The molecule has 0 saturated carbocycles. The maximum atomic E-state index is 10.5. The summed E-state index contributed by atoms with van der Waals surface area (Å²) in [5.41, 5.74) is 7.26. The summed E-state index contributed by atoms with van der Waals surface area (Å²) in [6, 6.07) is 14.7. The molecule has 0 aliphatic heterocycles. The summed E-state index contributed by atoms with van der Waals surface area (Å²) >= 11 is 0. The summed E-state index contributed by atoms with van der Waals surface area (Å²) in [5, 5.41) is 15.2. The van der Waals surface area contributed by atoms with Crippen LogP contribution in [0.25, 0.3) is 10.9 Å². The molecule has 0 aliphatic carbocycles. The van der Waals surface area contributed by atoms with E-state index in [1.807, 2.05) is 0 Å². The highest BCUT2D eigenvalue weighted by Gasteiger charge is 2.13. The first-order valence-electron chi connectivity index (χ1n) is 8.51. The van der Waals surface area contributed by atoms with Crippen molar-refractivity contribution >= 4 is 16.6 Å². The first kappa shape index (κ1) is 16.6. The Kier molecular flexibility index (Phi) is 4.63. The third-order valence-electron chi connectivity index (χ3n) is 4.85. The zero-order valence-corrected chi connectivity index (χ0v) is 14.9. The van der Waals surface area contributed by atoms with Gasteiger partial charge in [0.1, 0.15) is 0 Å². The number of aromatic nitrogens is 1. The molecule has 0 aliphatic rings. The molecule has 2 N–H and O–H groups in total. The van der Waals surface area contributed by atoms with Crippen LogP contribution in [0.5, 0.6) is 0 Å². The van der Waals surface area contributed by atoms with E-state index in [-0.39, 0.29) is 0 Å². The van der Waals surface area contributed by atoms with Crippen molar-refractivity contribution in [3.8, 4) is 0 Å². The predicted molar refractivity (Wildman–Crippen MR) is 102 cm³/mol. The first-order valence-corrected chi connectivity index (χ1v) is 8.51. The van der Waals surface area contributed by atoms with Crippen LogP contribution in [0, 0.1) is 27.7 Å². The lowest BCUT2D eigenvalue weighted by molar-refractivity contribution is 0.167. The van der Waals surface area contributed by atoms with Gasteiger partial charge in [0.2, 0.25) is 0 Å². The zero-order valence-electron chi connectivity index (χ0n) is 14.9. The van der Waals surface area contributed by atoms with Crippen molar-refractivity contribution in [3.63, 3.8) is 0 Å². The van der Waals surface area contributed by atoms with E-state index >= 15 is 0 Å². The van der Waals surface area contributed by atoms with Gasteiger partial charge in [0.05, 0.1) is 12.6 Å². The molecule has 1 aromatic heterocycles. The number of nitrogens with one attached hydrogen (secondary N) is 1. The highest BCUT2D eigenvalue weighted by atomic mass is 16.3. The van der Waals surface area contributed by atoms with Crippen LogP contribution in [0.15, 0.2) is 42.5 Å². The Hall–Kier alpha value is -2.26. The predicted octanol–water partition coefficient (Wildman–Crippen LogP) is 4.35. The van der Waals surface area contributed by atoms with Gasteiger partial charge in [-0.25, -0.2) is 0 Å². The molecule has 0 saturated heterocycles. The Morgan fingerprint density at radius 2 is 1.79 bits per heavy atom. The molecule has 0 fully saturated rings. The summed E-state index contributed by atoms with van der Waals surface area (Å²) < 4.78 is 2.22. The van der Waals surface area contributed by atoms with E-state index in [2.05, 4.69) is 80.0 Å². The quantitative estimate of drug-likeness (QED) is 0.733. The molecule has 1 atom stereocenters. The van der Waals surface area contributed by atoms with Crippen molar-refractivity contribution in [1.82, 2.24) is 4.57 Å². The number of hydrogen-bond acceptors (Lipinski definition) is 2. The highest BCUT2D eigenvalue weighted by Crippen LogP contribution is 2.25. The fourth-order valence-electron chi connectivity index (χ4n) is 3.35. The first-order chi connectivity index (χ1) is 11.5.